The van der Waals surface area contributed by atoms with Gasteiger partial charge in [-0.2, -0.15) is 0 Å². The molecule has 0 aliphatic heterocycles. The first-order chi connectivity index (χ1) is 3.63. The molecule has 0 fully saturated rings. The van der Waals surface area contributed by atoms with Gasteiger partial charge in [0.1, 0.15) is 0 Å². The van der Waals surface area contributed by atoms with Crippen molar-refractivity contribution in [2.24, 2.45) is 11.5 Å². The predicted octanol–water partition coefficient (Wildman–Crippen LogP) is -1.91. The summed E-state index contributed by atoms with van der Waals surface area (Å²) >= 11 is 0. The van der Waals surface area contributed by atoms with Gasteiger partial charge in [0, 0.05) is 12.8 Å². The summed E-state index contributed by atoms with van der Waals surface area (Å²) in [6.07, 6.45) is 0.102. The Balaban J connectivity index is 0. The molecule has 0 radical (unpaired) electrons. The van der Waals surface area contributed by atoms with Crippen LogP contribution in [0.5, 0.6) is 0 Å². The van der Waals surface area contributed by atoms with Gasteiger partial charge in [0.05, 0.1) is 0 Å². The zero-order valence-electron chi connectivity index (χ0n) is 4.39. The standard InChI is InChI=1S/C4H8N2O2.Li.H/c5-3(7)1-2-4(6)8;;/h1-2H2,(H2,5,7)(H2,6,8);;. The Hall–Kier alpha value is -0.463. The second-order valence-corrected chi connectivity index (χ2v) is 1.43. The van der Waals surface area contributed by atoms with Gasteiger partial charge in [-0.05, 0) is 0 Å². The van der Waals surface area contributed by atoms with Crippen molar-refractivity contribution < 1.29 is 9.59 Å². The van der Waals surface area contributed by atoms with Gasteiger partial charge < -0.3 is 11.5 Å². The Labute approximate surface area is 65.1 Å². The molecule has 4 nitrogen and oxygen atoms in total. The number of amides is 2. The number of nitrogens with two attached hydrogens (primary N) is 2. The molecule has 48 valence electrons. The van der Waals surface area contributed by atoms with Gasteiger partial charge in [0.25, 0.3) is 0 Å². The first-order valence-electron chi connectivity index (χ1n) is 2.19. The third-order valence-electron chi connectivity index (χ3n) is 0.618. The summed E-state index contributed by atoms with van der Waals surface area (Å²) in [4.78, 5) is 19.8. The molecule has 0 aromatic heterocycles. The average molecular weight is 124 g/mol. The van der Waals surface area contributed by atoms with E-state index >= 15 is 0 Å². The van der Waals surface area contributed by atoms with Crippen LogP contribution in [0, 0.1) is 0 Å². The molecular weight excluding hydrogens is 115 g/mol. The number of hydrogen-bond acceptors (Lipinski definition) is 2. The number of carbonyl (C=O) groups is 2. The minimum atomic E-state index is -0.496. The van der Waals surface area contributed by atoms with Crippen molar-refractivity contribution in [3.05, 3.63) is 0 Å². The van der Waals surface area contributed by atoms with E-state index in [1.54, 1.807) is 0 Å². The molecule has 0 rings (SSSR count). The summed E-state index contributed by atoms with van der Waals surface area (Å²) in [6.45, 7) is 0. The SMILES string of the molecule is NC(=O)CCC(N)=O.[LiH]. The molecule has 0 unspecified atom stereocenters. The summed E-state index contributed by atoms with van der Waals surface area (Å²) in [7, 11) is 0. The van der Waals surface area contributed by atoms with Gasteiger partial charge in [0.15, 0.2) is 0 Å². The minimum absolute atomic E-state index is 0. The summed E-state index contributed by atoms with van der Waals surface area (Å²) in [6, 6.07) is 0. The van der Waals surface area contributed by atoms with Crippen LogP contribution in [0.15, 0.2) is 0 Å². The van der Waals surface area contributed by atoms with Crippen molar-refractivity contribution in [2.75, 3.05) is 0 Å². The zero-order chi connectivity index (χ0) is 6.57. The molecule has 0 aliphatic carbocycles. The van der Waals surface area contributed by atoms with Crippen LogP contribution in [-0.2, 0) is 9.59 Å². The molecular formula is C4H9LiN2O2. The van der Waals surface area contributed by atoms with Crippen molar-refractivity contribution in [2.45, 2.75) is 12.8 Å². The van der Waals surface area contributed by atoms with Gasteiger partial charge in [-0.3, -0.25) is 9.59 Å². The average Bonchev–Trinajstić information content (AvgIpc) is 1.61. The molecule has 0 atom stereocenters. The maximum atomic E-state index is 9.92. The van der Waals surface area contributed by atoms with Crippen LogP contribution in [-0.4, -0.2) is 30.7 Å². The van der Waals surface area contributed by atoms with E-state index in [1.807, 2.05) is 0 Å². The Morgan fingerprint density at radius 1 is 1.00 bits per heavy atom. The van der Waals surface area contributed by atoms with Crippen LogP contribution in [0.4, 0.5) is 0 Å². The molecule has 0 aliphatic rings. The number of hydrogen-bond donors (Lipinski definition) is 2. The first kappa shape index (κ1) is 11.3. The molecule has 0 saturated carbocycles. The molecule has 0 saturated heterocycles. The van der Waals surface area contributed by atoms with Crippen LogP contribution in [0.2, 0.25) is 0 Å². The third kappa shape index (κ3) is 11.2. The van der Waals surface area contributed by atoms with E-state index in [1.165, 1.54) is 0 Å². The van der Waals surface area contributed by atoms with Gasteiger partial charge in [-0.1, -0.05) is 0 Å². The predicted molar refractivity (Wildman–Crippen MR) is 34.8 cm³/mol. The van der Waals surface area contributed by atoms with Gasteiger partial charge in [0.2, 0.25) is 11.8 Å². The van der Waals surface area contributed by atoms with Crippen molar-refractivity contribution in [3.63, 3.8) is 0 Å². The zero-order valence-corrected chi connectivity index (χ0v) is 4.39. The third-order valence-corrected chi connectivity index (χ3v) is 0.618. The summed E-state index contributed by atoms with van der Waals surface area (Å²) < 4.78 is 0. The van der Waals surface area contributed by atoms with Gasteiger partial charge in [-0.25, -0.2) is 0 Å². The van der Waals surface area contributed by atoms with E-state index < -0.39 is 11.8 Å². The molecule has 2 amide bonds. The number of rotatable bonds is 3. The van der Waals surface area contributed by atoms with E-state index in [-0.39, 0.29) is 31.7 Å². The van der Waals surface area contributed by atoms with E-state index in [2.05, 4.69) is 0 Å². The van der Waals surface area contributed by atoms with Crippen molar-refractivity contribution in [1.29, 1.82) is 0 Å². The van der Waals surface area contributed by atoms with Crippen LogP contribution >= 0.6 is 0 Å². The summed E-state index contributed by atoms with van der Waals surface area (Å²) in [5.74, 6) is -0.993. The second kappa shape index (κ2) is 5.67. The molecule has 9 heavy (non-hydrogen) atoms. The van der Waals surface area contributed by atoms with Crippen LogP contribution in [0.25, 0.3) is 0 Å². The molecule has 4 N–H and O–H groups in total. The second-order valence-electron chi connectivity index (χ2n) is 1.43. The van der Waals surface area contributed by atoms with Gasteiger partial charge in [-0.15, -0.1) is 0 Å². The molecule has 0 bridgehead atoms. The van der Waals surface area contributed by atoms with Crippen molar-refractivity contribution in [1.82, 2.24) is 0 Å². The quantitative estimate of drug-likeness (QED) is 0.430. The van der Waals surface area contributed by atoms with Crippen LogP contribution in [0.1, 0.15) is 12.8 Å². The Morgan fingerprint density at radius 3 is 1.33 bits per heavy atom. The summed E-state index contributed by atoms with van der Waals surface area (Å²) in [5, 5.41) is 0. The molecule has 0 aromatic rings. The van der Waals surface area contributed by atoms with E-state index in [0.29, 0.717) is 0 Å². The molecule has 0 heterocycles. The Morgan fingerprint density at radius 2 is 1.22 bits per heavy atom. The van der Waals surface area contributed by atoms with Crippen molar-refractivity contribution >= 4 is 30.7 Å². The van der Waals surface area contributed by atoms with E-state index in [9.17, 15) is 9.59 Å². The van der Waals surface area contributed by atoms with Crippen LogP contribution in [0.3, 0.4) is 0 Å². The topological polar surface area (TPSA) is 86.2 Å². The van der Waals surface area contributed by atoms with Crippen LogP contribution < -0.4 is 11.5 Å². The number of primary amides is 2. The van der Waals surface area contributed by atoms with E-state index in [0.717, 1.165) is 0 Å². The Bertz CT molecular complexity index is 101. The fourth-order valence-electron chi connectivity index (χ4n) is 0.246. The molecule has 0 aromatic carbocycles. The first-order valence-corrected chi connectivity index (χ1v) is 2.19. The monoisotopic (exact) mass is 124 g/mol. The maximum absolute atomic E-state index is 9.92. The Kier molecular flexibility index (Phi) is 7.15. The van der Waals surface area contributed by atoms with Crippen molar-refractivity contribution in [3.8, 4) is 0 Å². The van der Waals surface area contributed by atoms with E-state index in [4.69, 9.17) is 11.5 Å². The molecule has 0 spiro atoms. The fourth-order valence-corrected chi connectivity index (χ4v) is 0.246. The van der Waals surface area contributed by atoms with Gasteiger partial charge >= 0.3 is 18.9 Å². The molecule has 5 heteroatoms. The summed E-state index contributed by atoms with van der Waals surface area (Å²) in [5.41, 5.74) is 9.39. The number of carbonyl (C=O) groups excluding carboxylic acids is 2. The normalized spacial score (nSPS) is 7.56. The fraction of sp³-hybridized carbons (Fsp3) is 0.500.